The number of carbonyl (C=O) groups excluding carboxylic acids is 1. The minimum absolute atomic E-state index is 0.0370. The second kappa shape index (κ2) is 4.78. The molecule has 0 saturated carbocycles. The second-order valence-electron chi connectivity index (χ2n) is 3.88. The van der Waals surface area contributed by atoms with Gasteiger partial charge in [-0.3, -0.25) is 9.48 Å². The molecule has 0 aliphatic rings. The molecule has 0 saturated heterocycles. The Labute approximate surface area is 108 Å². The van der Waals surface area contributed by atoms with Crippen LogP contribution in [-0.4, -0.2) is 15.7 Å². The Hall–Kier alpha value is -1.88. The van der Waals surface area contributed by atoms with E-state index in [0.717, 1.165) is 5.69 Å². The molecule has 1 aromatic carbocycles. The summed E-state index contributed by atoms with van der Waals surface area (Å²) in [5.41, 5.74) is 1.60. The fourth-order valence-corrected chi connectivity index (χ4v) is 1.62. The minimum atomic E-state index is -0.525. The van der Waals surface area contributed by atoms with Gasteiger partial charge in [0.15, 0.2) is 5.69 Å². The molecule has 0 bridgehead atoms. The lowest BCUT2D eigenvalue weighted by molar-refractivity contribution is 0.102. The van der Waals surface area contributed by atoms with Crippen molar-refractivity contribution in [1.29, 1.82) is 0 Å². The first-order valence-corrected chi connectivity index (χ1v) is 5.62. The molecule has 0 radical (unpaired) electrons. The Morgan fingerprint density at radius 1 is 1.44 bits per heavy atom. The van der Waals surface area contributed by atoms with Gasteiger partial charge < -0.3 is 5.32 Å². The molecule has 0 spiro atoms. The van der Waals surface area contributed by atoms with Gasteiger partial charge in [0.25, 0.3) is 5.91 Å². The number of nitrogens with zero attached hydrogens (tertiary/aromatic N) is 2. The van der Waals surface area contributed by atoms with Crippen LogP contribution in [-0.2, 0) is 7.05 Å². The third kappa shape index (κ3) is 2.51. The van der Waals surface area contributed by atoms with Crippen molar-refractivity contribution in [2.45, 2.75) is 6.92 Å². The second-order valence-corrected chi connectivity index (χ2v) is 4.28. The van der Waals surface area contributed by atoms with Crippen molar-refractivity contribution in [2.24, 2.45) is 7.05 Å². The maximum atomic E-state index is 13.0. The highest BCUT2D eigenvalue weighted by atomic mass is 35.5. The first-order chi connectivity index (χ1) is 8.47. The molecule has 94 valence electrons. The van der Waals surface area contributed by atoms with E-state index in [4.69, 9.17) is 11.6 Å². The molecule has 1 N–H and O–H groups in total. The Bertz CT molecular complexity index is 590. The van der Waals surface area contributed by atoms with Crippen LogP contribution < -0.4 is 5.32 Å². The van der Waals surface area contributed by atoms with Gasteiger partial charge in [-0.1, -0.05) is 11.6 Å². The summed E-state index contributed by atoms with van der Waals surface area (Å²) in [6.45, 7) is 1.85. The lowest BCUT2D eigenvalue weighted by Gasteiger charge is -2.03. The molecular weight excluding hydrogens is 257 g/mol. The number of carbonyl (C=O) groups is 1. The Morgan fingerprint density at radius 3 is 2.72 bits per heavy atom. The summed E-state index contributed by atoms with van der Waals surface area (Å²) in [6.07, 6.45) is 0. The molecule has 1 aromatic heterocycles. The van der Waals surface area contributed by atoms with Gasteiger partial charge in [0, 0.05) is 18.4 Å². The van der Waals surface area contributed by atoms with E-state index in [1.165, 1.54) is 18.2 Å². The highest BCUT2D eigenvalue weighted by Gasteiger charge is 2.11. The van der Waals surface area contributed by atoms with Crippen LogP contribution in [0.1, 0.15) is 16.2 Å². The van der Waals surface area contributed by atoms with E-state index < -0.39 is 5.82 Å². The Balaban J connectivity index is 2.18. The minimum Gasteiger partial charge on any atom is -0.321 e. The van der Waals surface area contributed by atoms with Gasteiger partial charge in [-0.05, 0) is 31.2 Å². The van der Waals surface area contributed by atoms with Gasteiger partial charge in [-0.15, -0.1) is 0 Å². The van der Waals surface area contributed by atoms with Gasteiger partial charge >= 0.3 is 0 Å². The summed E-state index contributed by atoms with van der Waals surface area (Å²) >= 11 is 5.63. The van der Waals surface area contributed by atoms with E-state index in [9.17, 15) is 9.18 Å². The van der Waals surface area contributed by atoms with E-state index in [1.54, 1.807) is 17.8 Å². The van der Waals surface area contributed by atoms with Crippen molar-refractivity contribution < 1.29 is 9.18 Å². The quantitative estimate of drug-likeness (QED) is 0.909. The van der Waals surface area contributed by atoms with Gasteiger partial charge in [-0.2, -0.15) is 5.10 Å². The van der Waals surface area contributed by atoms with Crippen LogP contribution >= 0.6 is 11.6 Å². The molecule has 1 amide bonds. The maximum absolute atomic E-state index is 13.0. The van der Waals surface area contributed by atoms with E-state index in [0.29, 0.717) is 11.4 Å². The average molecular weight is 268 g/mol. The molecule has 1 heterocycles. The molecule has 0 atom stereocenters. The zero-order valence-corrected chi connectivity index (χ0v) is 10.6. The summed E-state index contributed by atoms with van der Waals surface area (Å²) in [5, 5.41) is 6.61. The van der Waals surface area contributed by atoms with Crippen LogP contribution in [0.5, 0.6) is 0 Å². The van der Waals surface area contributed by atoms with Crippen LogP contribution in [0.15, 0.2) is 24.3 Å². The molecule has 0 aliphatic heterocycles. The smallest absolute Gasteiger partial charge is 0.276 e. The van der Waals surface area contributed by atoms with Crippen LogP contribution in [0.4, 0.5) is 10.1 Å². The molecule has 2 aromatic rings. The first-order valence-electron chi connectivity index (χ1n) is 5.24. The highest BCUT2D eigenvalue weighted by molar-refractivity contribution is 6.31. The van der Waals surface area contributed by atoms with Crippen LogP contribution in [0.2, 0.25) is 5.02 Å². The molecule has 4 nitrogen and oxygen atoms in total. The summed E-state index contributed by atoms with van der Waals surface area (Å²) < 4.78 is 14.6. The van der Waals surface area contributed by atoms with Crippen molar-refractivity contribution in [3.63, 3.8) is 0 Å². The van der Waals surface area contributed by atoms with Crippen molar-refractivity contribution in [1.82, 2.24) is 9.78 Å². The number of benzene rings is 1. The normalized spacial score (nSPS) is 10.4. The number of hydrogen-bond acceptors (Lipinski definition) is 2. The van der Waals surface area contributed by atoms with Gasteiger partial charge in [0.2, 0.25) is 0 Å². The molecule has 0 aliphatic carbocycles. The standard InChI is InChI=1S/C12H11ClFN3O/c1-7-5-11(16-17(7)2)12(18)15-8-3-4-10(14)9(13)6-8/h3-6H,1-2H3,(H,15,18). The summed E-state index contributed by atoms with van der Waals surface area (Å²) in [5.74, 6) is -0.885. The lowest BCUT2D eigenvalue weighted by Crippen LogP contribution is -2.13. The molecule has 0 fully saturated rings. The molecular formula is C12H11ClFN3O. The number of amides is 1. The maximum Gasteiger partial charge on any atom is 0.276 e. The van der Waals surface area contributed by atoms with Crippen LogP contribution in [0.25, 0.3) is 0 Å². The first kappa shape index (κ1) is 12.6. The predicted molar refractivity (Wildman–Crippen MR) is 67.3 cm³/mol. The van der Waals surface area contributed by atoms with Gasteiger partial charge in [0.05, 0.1) is 5.02 Å². The monoisotopic (exact) mass is 267 g/mol. The Morgan fingerprint density at radius 2 is 2.17 bits per heavy atom. The summed E-state index contributed by atoms with van der Waals surface area (Å²) in [7, 11) is 1.75. The molecule has 2 rings (SSSR count). The largest absolute Gasteiger partial charge is 0.321 e. The zero-order valence-electron chi connectivity index (χ0n) is 9.87. The van der Waals surface area contributed by atoms with Crippen molar-refractivity contribution in [3.8, 4) is 0 Å². The van der Waals surface area contributed by atoms with E-state index in [2.05, 4.69) is 10.4 Å². The molecule has 18 heavy (non-hydrogen) atoms. The van der Waals surface area contributed by atoms with Crippen LogP contribution in [0.3, 0.4) is 0 Å². The van der Waals surface area contributed by atoms with Crippen molar-refractivity contribution >= 4 is 23.2 Å². The van der Waals surface area contributed by atoms with Crippen molar-refractivity contribution in [3.05, 3.63) is 46.5 Å². The Kier molecular flexibility index (Phi) is 3.34. The fourth-order valence-electron chi connectivity index (χ4n) is 1.44. The van der Waals surface area contributed by atoms with Gasteiger partial charge in [-0.25, -0.2) is 4.39 Å². The lowest BCUT2D eigenvalue weighted by atomic mass is 10.3. The predicted octanol–water partition coefficient (Wildman–Crippen LogP) is 2.77. The highest BCUT2D eigenvalue weighted by Crippen LogP contribution is 2.19. The number of anilines is 1. The number of halogens is 2. The number of rotatable bonds is 2. The van der Waals surface area contributed by atoms with E-state index in [-0.39, 0.29) is 10.9 Å². The number of aromatic nitrogens is 2. The zero-order chi connectivity index (χ0) is 13.3. The van der Waals surface area contributed by atoms with E-state index in [1.807, 2.05) is 6.92 Å². The summed E-state index contributed by atoms with van der Waals surface area (Å²) in [6, 6.07) is 5.65. The third-order valence-electron chi connectivity index (χ3n) is 2.52. The molecule has 6 heteroatoms. The fraction of sp³-hybridized carbons (Fsp3) is 0.167. The third-order valence-corrected chi connectivity index (χ3v) is 2.81. The van der Waals surface area contributed by atoms with Gasteiger partial charge in [0.1, 0.15) is 5.82 Å². The van der Waals surface area contributed by atoms with Crippen molar-refractivity contribution in [2.75, 3.05) is 5.32 Å². The number of hydrogen-bond donors (Lipinski definition) is 1. The molecule has 0 unspecified atom stereocenters. The SMILES string of the molecule is Cc1cc(C(=O)Nc2ccc(F)c(Cl)c2)nn1C. The van der Waals surface area contributed by atoms with Crippen LogP contribution in [0, 0.1) is 12.7 Å². The summed E-state index contributed by atoms with van der Waals surface area (Å²) in [4.78, 5) is 11.9. The number of nitrogens with one attached hydrogen (secondary N) is 1. The topological polar surface area (TPSA) is 46.9 Å². The average Bonchev–Trinajstić information content (AvgIpc) is 2.65. The number of aryl methyl sites for hydroxylation is 2. The van der Waals surface area contributed by atoms with E-state index >= 15 is 0 Å².